The fraction of sp³-hybridized carbons (Fsp3) is 0.200. The van der Waals surface area contributed by atoms with Crippen molar-refractivity contribution in [3.05, 3.63) is 93.5 Å². The zero-order valence-corrected chi connectivity index (χ0v) is 19.4. The van der Waals surface area contributed by atoms with E-state index >= 15 is 0 Å². The van der Waals surface area contributed by atoms with Gasteiger partial charge in [-0.3, -0.25) is 19.7 Å². The Bertz CT molecular complexity index is 1180. The lowest BCUT2D eigenvalue weighted by Gasteiger charge is -2.16. The topological polar surface area (TPSA) is 101 Å². The third kappa shape index (κ3) is 6.20. The van der Waals surface area contributed by atoms with E-state index in [0.29, 0.717) is 5.69 Å². The quantitative estimate of drug-likeness (QED) is 0.248. The number of carbonyl (C=O) groups excluding carboxylic acids is 2. The zero-order chi connectivity index (χ0) is 24.0. The van der Waals surface area contributed by atoms with Gasteiger partial charge in [0.05, 0.1) is 10.2 Å². The Morgan fingerprint density at radius 3 is 2.39 bits per heavy atom. The Labute approximate surface area is 196 Å². The molecular formula is C25H25N3O4S. The van der Waals surface area contributed by atoms with Gasteiger partial charge in [0.2, 0.25) is 5.91 Å². The first-order chi connectivity index (χ1) is 15.8. The first kappa shape index (κ1) is 24.0. The van der Waals surface area contributed by atoms with Crippen LogP contribution < -0.4 is 10.6 Å². The van der Waals surface area contributed by atoms with Gasteiger partial charge in [-0.05, 0) is 61.7 Å². The second-order valence-electron chi connectivity index (χ2n) is 7.50. The Balaban J connectivity index is 1.61. The Kier molecular flexibility index (Phi) is 7.84. The number of nitrogens with one attached hydrogen (secondary N) is 2. The molecule has 0 saturated carbocycles. The summed E-state index contributed by atoms with van der Waals surface area (Å²) in [5.41, 5.74) is 3.62. The summed E-state index contributed by atoms with van der Waals surface area (Å²) in [4.78, 5) is 36.4. The maximum atomic E-state index is 12.7. The van der Waals surface area contributed by atoms with E-state index < -0.39 is 10.8 Å². The van der Waals surface area contributed by atoms with Gasteiger partial charge < -0.3 is 10.6 Å². The number of aryl methyl sites for hydroxylation is 2. The predicted molar refractivity (Wildman–Crippen MR) is 132 cm³/mol. The predicted octanol–water partition coefficient (Wildman–Crippen LogP) is 5.84. The smallest absolute Gasteiger partial charge is 0.270 e. The highest BCUT2D eigenvalue weighted by molar-refractivity contribution is 8.00. The van der Waals surface area contributed by atoms with Crippen molar-refractivity contribution in [3.8, 4) is 0 Å². The van der Waals surface area contributed by atoms with Gasteiger partial charge in [0.1, 0.15) is 0 Å². The molecule has 3 rings (SSSR count). The molecule has 0 fully saturated rings. The first-order valence-electron chi connectivity index (χ1n) is 10.5. The number of para-hydroxylation sites is 1. The molecule has 0 spiro atoms. The molecule has 3 aromatic rings. The minimum absolute atomic E-state index is 0.0768. The average molecular weight is 464 g/mol. The van der Waals surface area contributed by atoms with Crippen LogP contribution in [-0.2, 0) is 11.2 Å². The van der Waals surface area contributed by atoms with Gasteiger partial charge in [-0.25, -0.2) is 0 Å². The van der Waals surface area contributed by atoms with Crippen molar-refractivity contribution in [1.82, 2.24) is 0 Å². The van der Waals surface area contributed by atoms with Crippen molar-refractivity contribution >= 4 is 40.6 Å². The van der Waals surface area contributed by atoms with Gasteiger partial charge in [-0.1, -0.05) is 31.2 Å². The van der Waals surface area contributed by atoms with Gasteiger partial charge in [0.25, 0.3) is 11.6 Å². The number of nitro groups is 1. The van der Waals surface area contributed by atoms with Crippen LogP contribution in [-0.4, -0.2) is 22.0 Å². The average Bonchev–Trinajstić information content (AvgIpc) is 2.81. The number of carbonyl (C=O) groups is 2. The van der Waals surface area contributed by atoms with E-state index in [-0.39, 0.29) is 22.4 Å². The second kappa shape index (κ2) is 10.8. The maximum Gasteiger partial charge on any atom is 0.270 e. The monoisotopic (exact) mass is 463 g/mol. The van der Waals surface area contributed by atoms with Crippen molar-refractivity contribution in [2.24, 2.45) is 0 Å². The molecule has 0 saturated heterocycles. The molecule has 2 N–H and O–H groups in total. The number of non-ortho nitro benzene ring substituents is 1. The van der Waals surface area contributed by atoms with Crippen molar-refractivity contribution in [3.63, 3.8) is 0 Å². The number of amides is 2. The van der Waals surface area contributed by atoms with Crippen LogP contribution in [0.1, 0.15) is 35.3 Å². The minimum atomic E-state index is -0.539. The summed E-state index contributed by atoms with van der Waals surface area (Å²) in [6.45, 7) is 5.89. The third-order valence-corrected chi connectivity index (χ3v) is 6.21. The van der Waals surface area contributed by atoms with Gasteiger partial charge >= 0.3 is 0 Å². The Morgan fingerprint density at radius 1 is 1.03 bits per heavy atom. The van der Waals surface area contributed by atoms with Gasteiger partial charge in [-0.15, -0.1) is 11.8 Å². The molecule has 0 aromatic heterocycles. The molecular weight excluding hydrogens is 438 g/mol. The number of benzene rings is 3. The summed E-state index contributed by atoms with van der Waals surface area (Å²) in [6, 6.07) is 18.7. The summed E-state index contributed by atoms with van der Waals surface area (Å²) in [6.07, 6.45) is 0.836. The lowest BCUT2D eigenvalue weighted by molar-refractivity contribution is -0.384. The Hall–Kier alpha value is -3.65. The van der Waals surface area contributed by atoms with Crippen molar-refractivity contribution in [2.75, 3.05) is 10.6 Å². The summed E-state index contributed by atoms with van der Waals surface area (Å²) in [5.74, 6) is -0.510. The molecule has 170 valence electrons. The molecule has 1 unspecified atom stereocenters. The number of hydrogen-bond donors (Lipinski definition) is 2. The molecule has 0 heterocycles. The number of thioether (sulfide) groups is 1. The summed E-state index contributed by atoms with van der Waals surface area (Å²) < 4.78 is 0. The number of nitro benzene ring substituents is 1. The summed E-state index contributed by atoms with van der Waals surface area (Å²) in [7, 11) is 0. The molecule has 1 atom stereocenters. The van der Waals surface area contributed by atoms with Crippen LogP contribution >= 0.6 is 11.8 Å². The van der Waals surface area contributed by atoms with Crippen molar-refractivity contribution in [1.29, 1.82) is 0 Å². The highest BCUT2D eigenvalue weighted by Gasteiger charge is 2.17. The largest absolute Gasteiger partial charge is 0.325 e. The molecule has 2 amide bonds. The molecule has 8 heteroatoms. The lowest BCUT2D eigenvalue weighted by atomic mass is 10.1. The molecule has 0 aliphatic rings. The molecule has 0 radical (unpaired) electrons. The van der Waals surface area contributed by atoms with E-state index in [0.717, 1.165) is 28.1 Å². The SMILES string of the molecule is CCc1cccc(C)c1NC(=O)C(C)Sc1ccc(NC(=O)c2cccc([N+](=O)[O-])c2)cc1. The van der Waals surface area contributed by atoms with E-state index in [4.69, 9.17) is 0 Å². The molecule has 33 heavy (non-hydrogen) atoms. The van der Waals surface area contributed by atoms with Gasteiger partial charge in [-0.2, -0.15) is 0 Å². The van der Waals surface area contributed by atoms with Crippen LogP contribution in [0.2, 0.25) is 0 Å². The van der Waals surface area contributed by atoms with Crippen LogP contribution in [0.4, 0.5) is 17.1 Å². The van der Waals surface area contributed by atoms with Crippen molar-refractivity contribution < 1.29 is 14.5 Å². The zero-order valence-electron chi connectivity index (χ0n) is 18.6. The molecule has 0 bridgehead atoms. The fourth-order valence-electron chi connectivity index (χ4n) is 3.27. The van der Waals surface area contributed by atoms with E-state index in [1.54, 1.807) is 12.1 Å². The van der Waals surface area contributed by atoms with Crippen LogP contribution in [0.3, 0.4) is 0 Å². The van der Waals surface area contributed by atoms with Gasteiger partial charge in [0.15, 0.2) is 0 Å². The number of hydrogen-bond acceptors (Lipinski definition) is 5. The van der Waals surface area contributed by atoms with Crippen LogP contribution in [0.5, 0.6) is 0 Å². The van der Waals surface area contributed by atoms with Crippen LogP contribution in [0, 0.1) is 17.0 Å². The summed E-state index contributed by atoms with van der Waals surface area (Å²) in [5, 5.41) is 16.4. The maximum absolute atomic E-state index is 12.7. The van der Waals surface area contributed by atoms with E-state index in [9.17, 15) is 19.7 Å². The Morgan fingerprint density at radius 2 is 1.73 bits per heavy atom. The van der Waals surface area contributed by atoms with Crippen LogP contribution in [0.15, 0.2) is 71.6 Å². The normalized spacial score (nSPS) is 11.5. The van der Waals surface area contributed by atoms with Crippen molar-refractivity contribution in [2.45, 2.75) is 37.3 Å². The first-order valence-corrected chi connectivity index (χ1v) is 11.4. The molecule has 0 aliphatic carbocycles. The molecule has 3 aromatic carbocycles. The minimum Gasteiger partial charge on any atom is -0.325 e. The second-order valence-corrected chi connectivity index (χ2v) is 8.91. The molecule has 0 aliphatic heterocycles. The summed E-state index contributed by atoms with van der Waals surface area (Å²) >= 11 is 1.42. The number of nitrogens with zero attached hydrogens (tertiary/aromatic N) is 1. The van der Waals surface area contributed by atoms with Crippen LogP contribution in [0.25, 0.3) is 0 Å². The van der Waals surface area contributed by atoms with E-state index in [1.807, 2.05) is 44.2 Å². The van der Waals surface area contributed by atoms with E-state index in [2.05, 4.69) is 17.6 Å². The van der Waals surface area contributed by atoms with Gasteiger partial charge in [0, 0.05) is 34.0 Å². The highest BCUT2D eigenvalue weighted by Crippen LogP contribution is 2.27. The standard InChI is InChI=1S/C25H25N3O4S/c1-4-18-8-5-7-16(2)23(18)27-24(29)17(3)33-22-13-11-20(12-14-22)26-25(30)19-9-6-10-21(15-19)28(31)32/h5-15,17H,4H2,1-3H3,(H,26,30)(H,27,29). The molecule has 7 nitrogen and oxygen atoms in total. The number of rotatable bonds is 8. The number of anilines is 2. The lowest BCUT2D eigenvalue weighted by Crippen LogP contribution is -2.23. The third-order valence-electron chi connectivity index (χ3n) is 5.10. The fourth-order valence-corrected chi connectivity index (χ4v) is 4.13. The highest BCUT2D eigenvalue weighted by atomic mass is 32.2. The van der Waals surface area contributed by atoms with E-state index in [1.165, 1.54) is 36.0 Å².